The highest BCUT2D eigenvalue weighted by Gasteiger charge is 2.05. The van der Waals surface area contributed by atoms with Gasteiger partial charge in [0.25, 0.3) is 0 Å². The van der Waals surface area contributed by atoms with Gasteiger partial charge in [-0.25, -0.2) is 0 Å². The summed E-state index contributed by atoms with van der Waals surface area (Å²) < 4.78 is 4.61. The van der Waals surface area contributed by atoms with Gasteiger partial charge < -0.3 is 4.74 Å². The van der Waals surface area contributed by atoms with Crippen molar-refractivity contribution in [3.8, 4) is 0 Å². The molecule has 0 spiro atoms. The smallest absolute Gasteiger partial charge is 0.305 e. The highest BCUT2D eigenvalue weighted by Crippen LogP contribution is 2.17. The number of carbonyl (C=O) groups excluding carboxylic acids is 1. The first kappa shape index (κ1) is 14.5. The van der Waals surface area contributed by atoms with E-state index in [0.717, 1.165) is 24.7 Å². The Morgan fingerprint density at radius 1 is 1.07 bits per heavy atom. The van der Waals surface area contributed by atoms with Gasteiger partial charge >= 0.3 is 5.97 Å². The molecule has 90 valence electrons. The van der Waals surface area contributed by atoms with Crippen LogP contribution in [0.1, 0.15) is 59.3 Å². The number of ether oxygens (including phenoxy) is 1. The molecule has 1 atom stereocenters. The average Bonchev–Trinajstić information content (AvgIpc) is 2.17. The van der Waals surface area contributed by atoms with Crippen LogP contribution >= 0.6 is 0 Å². The molecule has 2 nitrogen and oxygen atoms in total. The molecule has 0 aromatic rings. The van der Waals surface area contributed by atoms with Crippen LogP contribution < -0.4 is 0 Å². The Morgan fingerprint density at radius 3 is 2.20 bits per heavy atom. The normalized spacial score (nSPS) is 12.9. The summed E-state index contributed by atoms with van der Waals surface area (Å²) in [5.41, 5.74) is 0. The largest absolute Gasteiger partial charge is 0.469 e. The molecule has 15 heavy (non-hydrogen) atoms. The fourth-order valence-corrected chi connectivity index (χ4v) is 1.72. The van der Waals surface area contributed by atoms with Gasteiger partial charge in [0.2, 0.25) is 0 Å². The Balaban J connectivity index is 3.33. The number of carbonyl (C=O) groups is 1. The minimum absolute atomic E-state index is 0.0793. The van der Waals surface area contributed by atoms with Crippen molar-refractivity contribution in [1.82, 2.24) is 0 Å². The van der Waals surface area contributed by atoms with Gasteiger partial charge in [-0.2, -0.15) is 0 Å². The summed E-state index contributed by atoms with van der Waals surface area (Å²) in [6, 6.07) is 0. The van der Waals surface area contributed by atoms with Crippen molar-refractivity contribution in [3.63, 3.8) is 0 Å². The quantitative estimate of drug-likeness (QED) is 0.575. The van der Waals surface area contributed by atoms with Gasteiger partial charge in [-0.15, -0.1) is 0 Å². The van der Waals surface area contributed by atoms with Crippen LogP contribution in [0.4, 0.5) is 0 Å². The zero-order valence-electron chi connectivity index (χ0n) is 10.7. The first-order chi connectivity index (χ1) is 7.06. The molecule has 0 rings (SSSR count). The summed E-state index contributed by atoms with van der Waals surface area (Å²) in [6.07, 6.45) is 6.62. The van der Waals surface area contributed by atoms with Crippen LogP contribution in [0, 0.1) is 11.8 Å². The number of hydrogen-bond acceptors (Lipinski definition) is 2. The van der Waals surface area contributed by atoms with Gasteiger partial charge in [0.1, 0.15) is 0 Å². The summed E-state index contributed by atoms with van der Waals surface area (Å²) in [6.45, 7) is 6.81. The minimum atomic E-state index is -0.0793. The van der Waals surface area contributed by atoms with Crippen molar-refractivity contribution in [3.05, 3.63) is 0 Å². The van der Waals surface area contributed by atoms with Gasteiger partial charge in [0.05, 0.1) is 7.11 Å². The Labute approximate surface area is 94.4 Å². The molecular formula is C13H26O2. The molecule has 0 fully saturated rings. The second-order valence-electron chi connectivity index (χ2n) is 4.90. The lowest BCUT2D eigenvalue weighted by atomic mass is 9.95. The maximum absolute atomic E-state index is 10.9. The summed E-state index contributed by atoms with van der Waals surface area (Å²) in [4.78, 5) is 10.9. The third-order valence-electron chi connectivity index (χ3n) is 2.78. The van der Waals surface area contributed by atoms with Gasteiger partial charge in [-0.3, -0.25) is 4.79 Å². The van der Waals surface area contributed by atoms with E-state index in [-0.39, 0.29) is 5.97 Å². The molecule has 0 aliphatic carbocycles. The fraction of sp³-hybridized carbons (Fsp3) is 0.923. The van der Waals surface area contributed by atoms with Crippen molar-refractivity contribution in [1.29, 1.82) is 0 Å². The van der Waals surface area contributed by atoms with Crippen LogP contribution in [-0.4, -0.2) is 13.1 Å². The summed E-state index contributed by atoms with van der Waals surface area (Å²) in [7, 11) is 1.45. The molecule has 0 bridgehead atoms. The van der Waals surface area contributed by atoms with E-state index in [1.54, 1.807) is 0 Å². The van der Waals surface area contributed by atoms with Crippen molar-refractivity contribution < 1.29 is 9.53 Å². The van der Waals surface area contributed by atoms with E-state index in [2.05, 4.69) is 25.5 Å². The van der Waals surface area contributed by atoms with Gasteiger partial charge in [0.15, 0.2) is 0 Å². The highest BCUT2D eigenvalue weighted by molar-refractivity contribution is 5.68. The maximum Gasteiger partial charge on any atom is 0.305 e. The SMILES string of the molecule is COC(=O)CCC[C@H](C)CCCC(C)C. The molecule has 0 aromatic heterocycles. The van der Waals surface area contributed by atoms with E-state index in [1.165, 1.54) is 26.4 Å². The van der Waals surface area contributed by atoms with E-state index < -0.39 is 0 Å². The molecule has 0 aliphatic heterocycles. The number of esters is 1. The summed E-state index contributed by atoms with van der Waals surface area (Å²) in [5.74, 6) is 1.48. The molecule has 2 heteroatoms. The molecular weight excluding hydrogens is 188 g/mol. The molecule has 0 radical (unpaired) electrons. The average molecular weight is 214 g/mol. The van der Waals surface area contributed by atoms with Crippen molar-refractivity contribution in [2.75, 3.05) is 7.11 Å². The standard InChI is InChI=1S/C13H26O2/c1-11(2)7-5-8-12(3)9-6-10-13(14)15-4/h11-12H,5-10H2,1-4H3/t12-/m1/s1. The van der Waals surface area contributed by atoms with Gasteiger partial charge in [0, 0.05) is 6.42 Å². The summed E-state index contributed by atoms with van der Waals surface area (Å²) >= 11 is 0. The lowest BCUT2D eigenvalue weighted by Crippen LogP contribution is -2.02. The lowest BCUT2D eigenvalue weighted by Gasteiger charge is -2.11. The van der Waals surface area contributed by atoms with Crippen molar-refractivity contribution >= 4 is 5.97 Å². The van der Waals surface area contributed by atoms with Crippen LogP contribution in [-0.2, 0) is 9.53 Å². The molecule has 0 saturated heterocycles. The Hall–Kier alpha value is -0.530. The molecule has 0 heterocycles. The van der Waals surface area contributed by atoms with Crippen LogP contribution in [0.15, 0.2) is 0 Å². The monoisotopic (exact) mass is 214 g/mol. The number of rotatable bonds is 8. The zero-order valence-corrected chi connectivity index (χ0v) is 10.7. The van der Waals surface area contributed by atoms with Gasteiger partial charge in [-0.05, 0) is 18.3 Å². The van der Waals surface area contributed by atoms with Crippen LogP contribution in [0.3, 0.4) is 0 Å². The first-order valence-electron chi connectivity index (χ1n) is 6.13. The third-order valence-corrected chi connectivity index (χ3v) is 2.78. The molecule has 0 aliphatic rings. The summed E-state index contributed by atoms with van der Waals surface area (Å²) in [5, 5.41) is 0. The predicted octanol–water partition coefficient (Wildman–Crippen LogP) is 3.79. The molecule has 0 amide bonds. The number of hydrogen-bond donors (Lipinski definition) is 0. The van der Waals surface area contributed by atoms with Crippen LogP contribution in [0.5, 0.6) is 0 Å². The highest BCUT2D eigenvalue weighted by atomic mass is 16.5. The minimum Gasteiger partial charge on any atom is -0.469 e. The van der Waals surface area contributed by atoms with Gasteiger partial charge in [-0.1, -0.05) is 46.5 Å². The molecule has 0 saturated carbocycles. The maximum atomic E-state index is 10.9. The van der Waals surface area contributed by atoms with E-state index in [0.29, 0.717) is 6.42 Å². The van der Waals surface area contributed by atoms with Crippen molar-refractivity contribution in [2.45, 2.75) is 59.3 Å². The second kappa shape index (κ2) is 8.75. The Bertz CT molecular complexity index is 164. The predicted molar refractivity (Wildman–Crippen MR) is 63.7 cm³/mol. The van der Waals surface area contributed by atoms with Crippen LogP contribution in [0.2, 0.25) is 0 Å². The first-order valence-corrected chi connectivity index (χ1v) is 6.13. The van der Waals surface area contributed by atoms with Crippen LogP contribution in [0.25, 0.3) is 0 Å². The third kappa shape index (κ3) is 9.77. The fourth-order valence-electron chi connectivity index (χ4n) is 1.72. The molecule has 0 aromatic carbocycles. The topological polar surface area (TPSA) is 26.3 Å². The van der Waals surface area contributed by atoms with E-state index in [1.807, 2.05) is 0 Å². The van der Waals surface area contributed by atoms with E-state index in [4.69, 9.17) is 0 Å². The number of methoxy groups -OCH3 is 1. The zero-order chi connectivity index (χ0) is 11.7. The van der Waals surface area contributed by atoms with E-state index in [9.17, 15) is 4.79 Å². The Morgan fingerprint density at radius 2 is 1.67 bits per heavy atom. The second-order valence-corrected chi connectivity index (χ2v) is 4.90. The molecule has 0 N–H and O–H groups in total. The van der Waals surface area contributed by atoms with Crippen molar-refractivity contribution in [2.24, 2.45) is 11.8 Å². The molecule has 0 unspecified atom stereocenters. The Kier molecular flexibility index (Phi) is 8.44. The lowest BCUT2D eigenvalue weighted by molar-refractivity contribution is -0.140. The van der Waals surface area contributed by atoms with E-state index >= 15 is 0 Å².